The standard InChI is InChI=1S/C14H12N2S6/c17-13(15-9-5-1-3-7-11(9)19-13)21-22-14(18)16-10-6-2-4-8-12(10)20-14/h1-8,15-18H. The van der Waals surface area contributed by atoms with Crippen LogP contribution in [0.4, 0.5) is 11.4 Å². The Morgan fingerprint density at radius 3 is 1.55 bits per heavy atom. The first-order valence-electron chi connectivity index (χ1n) is 6.49. The highest BCUT2D eigenvalue weighted by molar-refractivity contribution is 8.83. The van der Waals surface area contributed by atoms with Crippen LogP contribution in [0.1, 0.15) is 0 Å². The Bertz CT molecular complexity index is 610. The minimum Gasteiger partial charge on any atom is -0.352 e. The predicted molar refractivity (Wildman–Crippen MR) is 110 cm³/mol. The number of fused-ring (bicyclic) bond motifs is 2. The number of benzene rings is 2. The third-order valence-electron chi connectivity index (χ3n) is 3.12. The first-order chi connectivity index (χ1) is 10.6. The van der Waals surface area contributed by atoms with Crippen LogP contribution in [-0.4, -0.2) is 7.07 Å². The molecule has 114 valence electrons. The highest BCUT2D eigenvalue weighted by Gasteiger charge is 2.41. The molecule has 0 radical (unpaired) electrons. The lowest BCUT2D eigenvalue weighted by molar-refractivity contribution is 1.34. The molecule has 2 unspecified atom stereocenters. The van der Waals surface area contributed by atoms with Crippen molar-refractivity contribution < 1.29 is 0 Å². The lowest BCUT2D eigenvalue weighted by Gasteiger charge is -2.27. The van der Waals surface area contributed by atoms with E-state index in [-0.39, 0.29) is 7.07 Å². The van der Waals surface area contributed by atoms with Crippen molar-refractivity contribution in [2.45, 2.75) is 16.9 Å². The largest absolute Gasteiger partial charge is 0.352 e. The third kappa shape index (κ3) is 3.06. The van der Waals surface area contributed by atoms with E-state index >= 15 is 0 Å². The van der Waals surface area contributed by atoms with Crippen LogP contribution in [0.25, 0.3) is 0 Å². The molecule has 0 saturated carbocycles. The molecule has 0 aromatic heterocycles. The molecule has 0 bridgehead atoms. The zero-order valence-corrected chi connectivity index (χ0v) is 16.2. The van der Waals surface area contributed by atoms with Crippen LogP contribution >= 0.6 is 70.4 Å². The summed E-state index contributed by atoms with van der Waals surface area (Å²) in [5.74, 6) is 0. The number of thiol groups is 2. The summed E-state index contributed by atoms with van der Waals surface area (Å²) in [6, 6.07) is 16.6. The fourth-order valence-electron chi connectivity index (χ4n) is 2.20. The molecule has 2 aromatic rings. The van der Waals surface area contributed by atoms with Crippen molar-refractivity contribution in [1.82, 2.24) is 0 Å². The van der Waals surface area contributed by atoms with E-state index in [0.717, 1.165) is 11.4 Å². The van der Waals surface area contributed by atoms with Crippen molar-refractivity contribution in [3.05, 3.63) is 48.5 Å². The Morgan fingerprint density at radius 1 is 0.727 bits per heavy atom. The molecule has 2 atom stereocenters. The van der Waals surface area contributed by atoms with E-state index in [2.05, 4.69) is 47.0 Å². The van der Waals surface area contributed by atoms with Crippen molar-refractivity contribution in [2.24, 2.45) is 0 Å². The number of thioether (sulfide) groups is 2. The Kier molecular flexibility index (Phi) is 4.19. The molecule has 2 aliphatic heterocycles. The molecule has 2 nitrogen and oxygen atoms in total. The van der Waals surface area contributed by atoms with E-state index in [1.54, 1.807) is 45.1 Å². The van der Waals surface area contributed by atoms with Crippen LogP contribution in [0, 0.1) is 0 Å². The fraction of sp³-hybridized carbons (Fsp3) is 0.143. The van der Waals surface area contributed by atoms with Gasteiger partial charge in [0.15, 0.2) is 7.07 Å². The Balaban J connectivity index is 1.44. The third-order valence-corrected chi connectivity index (χ3v) is 11.2. The average molecular weight is 401 g/mol. The fourth-order valence-corrected chi connectivity index (χ4v) is 8.86. The van der Waals surface area contributed by atoms with Crippen molar-refractivity contribution in [1.29, 1.82) is 0 Å². The van der Waals surface area contributed by atoms with Gasteiger partial charge < -0.3 is 10.6 Å². The summed E-state index contributed by atoms with van der Waals surface area (Å²) < 4.78 is -0.776. The van der Waals surface area contributed by atoms with Gasteiger partial charge in [0.1, 0.15) is 0 Å². The summed E-state index contributed by atoms with van der Waals surface area (Å²) in [6.07, 6.45) is 0. The van der Waals surface area contributed by atoms with Gasteiger partial charge in [-0.25, -0.2) is 0 Å². The summed E-state index contributed by atoms with van der Waals surface area (Å²) in [4.78, 5) is 2.46. The SMILES string of the molecule is SC1(SSC2(S)Nc3ccccc3S2)Nc2ccccc2S1. The van der Waals surface area contributed by atoms with Crippen LogP contribution in [0.15, 0.2) is 58.3 Å². The number of hydrogen-bond donors (Lipinski definition) is 4. The quantitative estimate of drug-likeness (QED) is 0.291. The Labute approximate surface area is 157 Å². The van der Waals surface area contributed by atoms with Crippen molar-refractivity contribution in [2.75, 3.05) is 10.6 Å². The van der Waals surface area contributed by atoms with Crippen molar-refractivity contribution in [3.63, 3.8) is 0 Å². The van der Waals surface area contributed by atoms with Crippen LogP contribution in [0.5, 0.6) is 0 Å². The lowest BCUT2D eigenvalue weighted by Crippen LogP contribution is -2.22. The van der Waals surface area contributed by atoms with E-state index in [9.17, 15) is 0 Å². The molecule has 2 heterocycles. The minimum absolute atomic E-state index is 0.388. The van der Waals surface area contributed by atoms with E-state index < -0.39 is 0 Å². The van der Waals surface area contributed by atoms with Crippen LogP contribution in [0.3, 0.4) is 0 Å². The molecule has 0 amide bonds. The van der Waals surface area contributed by atoms with Gasteiger partial charge >= 0.3 is 0 Å². The number of rotatable bonds is 3. The van der Waals surface area contributed by atoms with Crippen molar-refractivity contribution >= 4 is 81.7 Å². The molecule has 4 rings (SSSR count). The summed E-state index contributed by atoms with van der Waals surface area (Å²) in [7, 11) is 3.37. The second kappa shape index (κ2) is 5.89. The molecular weight excluding hydrogens is 389 g/mol. The molecule has 0 fully saturated rings. The zero-order valence-electron chi connectivity index (χ0n) is 11.1. The van der Waals surface area contributed by atoms with E-state index in [4.69, 9.17) is 25.3 Å². The van der Waals surface area contributed by atoms with Gasteiger partial charge in [-0.3, -0.25) is 0 Å². The number of para-hydroxylation sites is 2. The Morgan fingerprint density at radius 2 is 1.14 bits per heavy atom. The average Bonchev–Trinajstić information content (AvgIpc) is 3.01. The molecule has 0 saturated heterocycles. The van der Waals surface area contributed by atoms with E-state index in [1.165, 1.54) is 9.79 Å². The number of anilines is 2. The maximum Gasteiger partial charge on any atom is 0.190 e. The lowest BCUT2D eigenvalue weighted by atomic mass is 10.3. The summed E-state index contributed by atoms with van der Waals surface area (Å²) in [6.45, 7) is 0. The van der Waals surface area contributed by atoms with Gasteiger partial charge in [-0.05, 0) is 45.9 Å². The summed E-state index contributed by atoms with van der Waals surface area (Å²) in [5, 5.41) is 6.94. The van der Waals surface area contributed by atoms with Gasteiger partial charge in [0.2, 0.25) is 0 Å². The maximum absolute atomic E-state index is 4.82. The number of hydrogen-bond acceptors (Lipinski definition) is 8. The van der Waals surface area contributed by atoms with Crippen LogP contribution < -0.4 is 10.6 Å². The van der Waals surface area contributed by atoms with Crippen molar-refractivity contribution in [3.8, 4) is 0 Å². The van der Waals surface area contributed by atoms with E-state index in [0.29, 0.717) is 0 Å². The molecule has 0 aliphatic carbocycles. The topological polar surface area (TPSA) is 24.1 Å². The van der Waals surface area contributed by atoms with Crippen LogP contribution in [0.2, 0.25) is 0 Å². The van der Waals surface area contributed by atoms with Gasteiger partial charge in [0, 0.05) is 9.79 Å². The molecule has 0 spiro atoms. The highest BCUT2D eigenvalue weighted by Crippen LogP contribution is 2.63. The van der Waals surface area contributed by atoms with E-state index in [1.807, 2.05) is 12.1 Å². The molecule has 8 heteroatoms. The van der Waals surface area contributed by atoms with Gasteiger partial charge in [-0.1, -0.05) is 47.8 Å². The first-order valence-corrected chi connectivity index (χ1v) is 11.2. The second-order valence-electron chi connectivity index (χ2n) is 4.78. The Hall–Kier alpha value is 0.140. The minimum atomic E-state index is -0.388. The van der Waals surface area contributed by atoms with Gasteiger partial charge in [-0.2, -0.15) is 0 Å². The maximum atomic E-state index is 4.82. The number of nitrogens with one attached hydrogen (secondary N) is 2. The zero-order chi connectivity index (χ0) is 15.2. The van der Waals surface area contributed by atoms with Gasteiger partial charge in [0.05, 0.1) is 11.4 Å². The second-order valence-corrected chi connectivity index (χ2v) is 12.9. The normalized spacial score (nSPS) is 28.6. The summed E-state index contributed by atoms with van der Waals surface area (Å²) >= 11 is 13.1. The predicted octanol–water partition coefficient (Wildman–Crippen LogP) is 5.89. The van der Waals surface area contributed by atoms with Crippen LogP contribution in [-0.2, 0) is 0 Å². The molecule has 22 heavy (non-hydrogen) atoms. The molecule has 2 aliphatic rings. The monoisotopic (exact) mass is 400 g/mol. The van der Waals surface area contributed by atoms with Gasteiger partial charge in [-0.15, -0.1) is 25.3 Å². The molecule has 2 N–H and O–H groups in total. The smallest absolute Gasteiger partial charge is 0.190 e. The van der Waals surface area contributed by atoms with Gasteiger partial charge in [0.25, 0.3) is 0 Å². The first kappa shape index (κ1) is 15.7. The summed E-state index contributed by atoms with van der Waals surface area (Å²) in [5.41, 5.74) is 2.28. The highest BCUT2D eigenvalue weighted by atomic mass is 33.1. The molecule has 2 aromatic carbocycles. The molecular formula is C14H12N2S6.